The van der Waals surface area contributed by atoms with E-state index in [9.17, 15) is 4.79 Å². The number of nitrogens with zero attached hydrogens (tertiary/aromatic N) is 1. The van der Waals surface area contributed by atoms with Gasteiger partial charge in [0.05, 0.1) is 0 Å². The molecular weight excluding hydrogens is 198 g/mol. The average molecular weight is 217 g/mol. The Morgan fingerprint density at radius 2 is 2.25 bits per heavy atom. The highest BCUT2D eigenvalue weighted by Gasteiger charge is 2.30. The summed E-state index contributed by atoms with van der Waals surface area (Å²) >= 11 is 0. The van der Waals surface area contributed by atoms with E-state index < -0.39 is 0 Å². The molecule has 0 N–H and O–H groups in total. The van der Waals surface area contributed by atoms with Crippen LogP contribution in [0.25, 0.3) is 0 Å². The molecule has 1 heterocycles. The van der Waals surface area contributed by atoms with Crippen LogP contribution in [0, 0.1) is 6.92 Å². The van der Waals surface area contributed by atoms with Gasteiger partial charge in [0.2, 0.25) is 0 Å². The quantitative estimate of drug-likeness (QED) is 0.726. The minimum Gasteiger partial charge on any atom is -0.368 e. The van der Waals surface area contributed by atoms with Crippen LogP contribution in [0.5, 0.6) is 0 Å². The summed E-state index contributed by atoms with van der Waals surface area (Å²) < 4.78 is 0. The molecule has 0 bridgehead atoms. The largest absolute Gasteiger partial charge is 0.368 e. The van der Waals surface area contributed by atoms with E-state index in [-0.39, 0.29) is 0 Å². The first-order valence-corrected chi connectivity index (χ1v) is 5.95. The van der Waals surface area contributed by atoms with E-state index in [4.69, 9.17) is 0 Å². The summed E-state index contributed by atoms with van der Waals surface area (Å²) in [5.41, 5.74) is 4.01. The topological polar surface area (TPSA) is 20.3 Å². The van der Waals surface area contributed by atoms with Crippen molar-refractivity contribution in [3.63, 3.8) is 0 Å². The zero-order valence-electron chi connectivity index (χ0n) is 10.2. The SMILES string of the molecule is Cc1cccc2c1C(CC=O)CN2C(C)C. The molecule has 0 fully saturated rings. The van der Waals surface area contributed by atoms with Crippen LogP contribution in [0.4, 0.5) is 5.69 Å². The van der Waals surface area contributed by atoms with Gasteiger partial charge in [0, 0.05) is 30.6 Å². The average Bonchev–Trinajstić information content (AvgIpc) is 2.59. The maximum Gasteiger partial charge on any atom is 0.120 e. The number of aryl methyl sites for hydroxylation is 1. The molecule has 0 aromatic heterocycles. The van der Waals surface area contributed by atoms with Crippen LogP contribution >= 0.6 is 0 Å². The smallest absolute Gasteiger partial charge is 0.120 e. The third-order valence-electron chi connectivity index (χ3n) is 3.44. The Labute approximate surface area is 97.3 Å². The molecule has 0 saturated carbocycles. The molecule has 0 radical (unpaired) electrons. The number of fused-ring (bicyclic) bond motifs is 1. The third-order valence-corrected chi connectivity index (χ3v) is 3.44. The molecular formula is C14H19NO. The maximum atomic E-state index is 10.7. The Hall–Kier alpha value is -1.31. The van der Waals surface area contributed by atoms with E-state index in [1.165, 1.54) is 16.8 Å². The monoisotopic (exact) mass is 217 g/mol. The Morgan fingerprint density at radius 1 is 1.50 bits per heavy atom. The summed E-state index contributed by atoms with van der Waals surface area (Å²) in [4.78, 5) is 13.1. The van der Waals surface area contributed by atoms with Crippen molar-refractivity contribution in [3.8, 4) is 0 Å². The van der Waals surface area contributed by atoms with Gasteiger partial charge in [-0.05, 0) is 38.0 Å². The third kappa shape index (κ3) is 1.73. The first-order valence-electron chi connectivity index (χ1n) is 5.95. The number of anilines is 1. The van der Waals surface area contributed by atoms with Crippen LogP contribution in [0.3, 0.4) is 0 Å². The minimum atomic E-state index is 0.385. The first-order chi connectivity index (χ1) is 7.65. The van der Waals surface area contributed by atoms with Crippen LogP contribution in [-0.2, 0) is 4.79 Å². The van der Waals surface area contributed by atoms with E-state index in [1.807, 2.05) is 0 Å². The minimum absolute atomic E-state index is 0.385. The van der Waals surface area contributed by atoms with Crippen molar-refractivity contribution in [2.45, 2.75) is 39.2 Å². The summed E-state index contributed by atoms with van der Waals surface area (Å²) in [6.45, 7) is 7.53. The van der Waals surface area contributed by atoms with E-state index in [0.29, 0.717) is 18.4 Å². The van der Waals surface area contributed by atoms with Crippen molar-refractivity contribution >= 4 is 12.0 Å². The lowest BCUT2D eigenvalue weighted by molar-refractivity contribution is -0.108. The van der Waals surface area contributed by atoms with Gasteiger partial charge in [-0.15, -0.1) is 0 Å². The molecule has 0 amide bonds. The fourth-order valence-electron chi connectivity index (χ4n) is 2.67. The lowest BCUT2D eigenvalue weighted by Crippen LogP contribution is -2.29. The fourth-order valence-corrected chi connectivity index (χ4v) is 2.67. The molecule has 86 valence electrons. The van der Waals surface area contributed by atoms with Crippen molar-refractivity contribution in [2.24, 2.45) is 0 Å². The molecule has 2 nitrogen and oxygen atoms in total. The summed E-state index contributed by atoms with van der Waals surface area (Å²) in [5, 5.41) is 0. The number of aldehydes is 1. The van der Waals surface area contributed by atoms with Gasteiger partial charge in [0.25, 0.3) is 0 Å². The predicted molar refractivity (Wildman–Crippen MR) is 67.1 cm³/mol. The molecule has 16 heavy (non-hydrogen) atoms. The van der Waals surface area contributed by atoms with Crippen LogP contribution in [0.15, 0.2) is 18.2 Å². The number of hydrogen-bond acceptors (Lipinski definition) is 2. The number of hydrogen-bond donors (Lipinski definition) is 0. The maximum absolute atomic E-state index is 10.7. The zero-order chi connectivity index (χ0) is 11.7. The molecule has 0 aliphatic carbocycles. The van der Waals surface area contributed by atoms with Gasteiger partial charge in [-0.3, -0.25) is 0 Å². The van der Waals surface area contributed by atoms with Crippen LogP contribution in [0.1, 0.15) is 37.3 Å². The van der Waals surface area contributed by atoms with Gasteiger partial charge in [-0.2, -0.15) is 0 Å². The summed E-state index contributed by atoms with van der Waals surface area (Å²) in [5.74, 6) is 0.385. The Bertz CT molecular complexity index is 398. The van der Waals surface area contributed by atoms with Crippen LogP contribution in [0.2, 0.25) is 0 Å². The fraction of sp³-hybridized carbons (Fsp3) is 0.500. The van der Waals surface area contributed by atoms with Crippen molar-refractivity contribution < 1.29 is 4.79 Å². The Morgan fingerprint density at radius 3 is 2.88 bits per heavy atom. The highest BCUT2D eigenvalue weighted by molar-refractivity contribution is 5.66. The second-order valence-corrected chi connectivity index (χ2v) is 4.85. The van der Waals surface area contributed by atoms with Gasteiger partial charge in [-0.1, -0.05) is 12.1 Å². The number of benzene rings is 1. The van der Waals surface area contributed by atoms with Crippen LogP contribution < -0.4 is 4.90 Å². The second-order valence-electron chi connectivity index (χ2n) is 4.85. The van der Waals surface area contributed by atoms with Gasteiger partial charge in [0.15, 0.2) is 0 Å². The highest BCUT2D eigenvalue weighted by atomic mass is 16.1. The zero-order valence-corrected chi connectivity index (χ0v) is 10.2. The first kappa shape index (κ1) is 11.2. The summed E-state index contributed by atoms with van der Waals surface area (Å²) in [6.07, 6.45) is 1.69. The van der Waals surface area contributed by atoms with E-state index in [2.05, 4.69) is 43.9 Å². The van der Waals surface area contributed by atoms with Gasteiger partial charge in [0.1, 0.15) is 6.29 Å². The lowest BCUT2D eigenvalue weighted by atomic mass is 9.94. The molecule has 1 atom stereocenters. The second kappa shape index (κ2) is 4.28. The molecule has 1 aromatic carbocycles. The van der Waals surface area contributed by atoms with Crippen molar-refractivity contribution in [1.82, 2.24) is 0 Å². The van der Waals surface area contributed by atoms with E-state index >= 15 is 0 Å². The highest BCUT2D eigenvalue weighted by Crippen LogP contribution is 2.40. The number of carbonyl (C=O) groups excluding carboxylic acids is 1. The van der Waals surface area contributed by atoms with Crippen molar-refractivity contribution in [2.75, 3.05) is 11.4 Å². The van der Waals surface area contributed by atoms with Gasteiger partial charge in [-0.25, -0.2) is 0 Å². The standard InChI is InChI=1S/C14H19NO/c1-10(2)15-9-12(7-8-16)14-11(3)5-4-6-13(14)15/h4-6,8,10,12H,7,9H2,1-3H3. The molecule has 1 unspecified atom stereocenters. The molecule has 1 aromatic rings. The number of carbonyl (C=O) groups is 1. The molecule has 1 aliphatic rings. The molecule has 2 heteroatoms. The number of rotatable bonds is 3. The molecule has 0 spiro atoms. The molecule has 0 saturated heterocycles. The van der Waals surface area contributed by atoms with Crippen molar-refractivity contribution in [1.29, 1.82) is 0 Å². The normalized spacial score (nSPS) is 19.0. The van der Waals surface area contributed by atoms with Gasteiger partial charge >= 0.3 is 0 Å². The summed E-state index contributed by atoms with van der Waals surface area (Å²) in [6, 6.07) is 6.91. The van der Waals surface area contributed by atoms with Gasteiger partial charge < -0.3 is 9.69 Å². The van der Waals surface area contributed by atoms with Crippen LogP contribution in [-0.4, -0.2) is 18.9 Å². The van der Waals surface area contributed by atoms with E-state index in [0.717, 1.165) is 12.8 Å². The molecule has 1 aliphatic heterocycles. The lowest BCUT2D eigenvalue weighted by Gasteiger charge is -2.24. The predicted octanol–water partition coefficient (Wildman–Crippen LogP) is 2.90. The Balaban J connectivity index is 2.44. The van der Waals surface area contributed by atoms with Crippen molar-refractivity contribution in [3.05, 3.63) is 29.3 Å². The molecule has 2 rings (SSSR count). The summed E-state index contributed by atoms with van der Waals surface area (Å²) in [7, 11) is 0. The van der Waals surface area contributed by atoms with E-state index in [1.54, 1.807) is 0 Å². The Kier molecular flexibility index (Phi) is 2.99.